The number of nitrogens with zero attached hydrogens (tertiary/aromatic N) is 5. The SMILES string of the molecule is N#Cc1cccc(-c2cccc(-c3nc4ccccc4nc3-c3ccc(-c4ccc(-c5nc(-c6ccccc6)cc(-c6ccccc6)n5)cc4)cc3)c2)c1. The second-order valence-electron chi connectivity index (χ2n) is 13.0. The molecule has 0 saturated carbocycles. The van der Waals surface area contributed by atoms with Crippen LogP contribution < -0.4 is 0 Å². The Morgan fingerprint density at radius 2 is 0.759 bits per heavy atom. The van der Waals surface area contributed by atoms with Crippen LogP contribution in [-0.2, 0) is 0 Å². The smallest absolute Gasteiger partial charge is 0.160 e. The van der Waals surface area contributed by atoms with Crippen LogP contribution in [0.2, 0.25) is 0 Å². The number of nitriles is 1. The highest BCUT2D eigenvalue weighted by atomic mass is 14.9. The molecule has 0 unspecified atom stereocenters. The minimum Gasteiger partial charge on any atom is -0.244 e. The molecule has 9 aromatic rings. The Morgan fingerprint density at radius 1 is 0.315 bits per heavy atom. The molecule has 9 rings (SSSR count). The number of hydrogen-bond donors (Lipinski definition) is 0. The van der Waals surface area contributed by atoms with Gasteiger partial charge in [0.25, 0.3) is 0 Å². The highest BCUT2D eigenvalue weighted by Gasteiger charge is 2.15. The van der Waals surface area contributed by atoms with Crippen LogP contribution in [0.1, 0.15) is 5.56 Å². The maximum absolute atomic E-state index is 9.47. The van der Waals surface area contributed by atoms with E-state index in [0.29, 0.717) is 11.4 Å². The molecule has 0 N–H and O–H groups in total. The molecule has 0 fully saturated rings. The Bertz CT molecular complexity index is 2750. The minimum atomic E-state index is 0.626. The molecule has 0 aliphatic rings. The lowest BCUT2D eigenvalue weighted by Gasteiger charge is -2.13. The van der Waals surface area contributed by atoms with Gasteiger partial charge in [0.05, 0.1) is 45.4 Å². The lowest BCUT2D eigenvalue weighted by molar-refractivity contribution is 1.18. The number of hydrogen-bond acceptors (Lipinski definition) is 5. The molecule has 0 spiro atoms. The van der Waals surface area contributed by atoms with E-state index in [2.05, 4.69) is 103 Å². The average molecular weight is 690 g/mol. The maximum atomic E-state index is 9.47. The quantitative estimate of drug-likeness (QED) is 0.166. The van der Waals surface area contributed by atoms with E-state index in [1.807, 2.05) is 91.0 Å². The molecule has 2 aromatic heterocycles. The Labute approximate surface area is 313 Å². The molecule has 252 valence electrons. The molecule has 0 aliphatic heterocycles. The molecule has 5 nitrogen and oxygen atoms in total. The van der Waals surface area contributed by atoms with Crippen LogP contribution in [0.5, 0.6) is 0 Å². The van der Waals surface area contributed by atoms with E-state index >= 15 is 0 Å². The van der Waals surface area contributed by atoms with Crippen molar-refractivity contribution in [2.24, 2.45) is 0 Å². The molecule has 0 radical (unpaired) electrons. The first-order chi connectivity index (χ1) is 26.7. The van der Waals surface area contributed by atoms with Gasteiger partial charge in [0.15, 0.2) is 5.82 Å². The molecule has 7 aromatic carbocycles. The standard InChI is InChI=1S/C49H31N5/c50-32-33-11-9-16-40(29-33)41-17-10-18-42(30-41)48-47(51-43-19-7-8-20-44(43)52-48)38-25-21-34(22-26-38)35-23-27-39(28-24-35)49-53-45(36-12-3-1-4-13-36)31-46(54-49)37-14-5-2-6-15-37/h1-31H. The number of benzene rings is 7. The predicted octanol–water partition coefficient (Wildman–Crippen LogP) is 12.0. The van der Waals surface area contributed by atoms with Crippen LogP contribution in [-0.4, -0.2) is 19.9 Å². The third-order valence-electron chi connectivity index (χ3n) is 9.53. The average Bonchev–Trinajstić information content (AvgIpc) is 3.26. The van der Waals surface area contributed by atoms with Gasteiger partial charge in [-0.3, -0.25) is 0 Å². The third kappa shape index (κ3) is 6.52. The molecule has 54 heavy (non-hydrogen) atoms. The van der Waals surface area contributed by atoms with Crippen LogP contribution >= 0.6 is 0 Å². The number of aromatic nitrogens is 4. The summed E-state index contributed by atoms with van der Waals surface area (Å²) in [6.07, 6.45) is 0. The van der Waals surface area contributed by atoms with Crippen molar-refractivity contribution < 1.29 is 0 Å². The minimum absolute atomic E-state index is 0.626. The Kier molecular flexibility index (Phi) is 8.53. The van der Waals surface area contributed by atoms with Crippen LogP contribution in [0.25, 0.3) is 89.7 Å². The van der Waals surface area contributed by atoms with Gasteiger partial charge in [0, 0.05) is 27.8 Å². The first-order valence-corrected chi connectivity index (χ1v) is 17.8. The predicted molar refractivity (Wildman–Crippen MR) is 218 cm³/mol. The normalized spacial score (nSPS) is 10.9. The van der Waals surface area contributed by atoms with Gasteiger partial charge in [-0.15, -0.1) is 0 Å². The number of para-hydroxylation sites is 2. The van der Waals surface area contributed by atoms with Crippen LogP contribution in [0.4, 0.5) is 0 Å². The van der Waals surface area contributed by atoms with E-state index in [9.17, 15) is 5.26 Å². The lowest BCUT2D eigenvalue weighted by Crippen LogP contribution is -1.96. The van der Waals surface area contributed by atoms with Crippen molar-refractivity contribution in [3.63, 3.8) is 0 Å². The third-order valence-corrected chi connectivity index (χ3v) is 9.53. The zero-order valence-corrected chi connectivity index (χ0v) is 29.1. The van der Waals surface area contributed by atoms with Gasteiger partial charge in [0.1, 0.15) is 0 Å². The summed E-state index contributed by atoms with van der Waals surface area (Å²) in [6.45, 7) is 0. The summed E-state index contributed by atoms with van der Waals surface area (Å²) in [5.74, 6) is 0.682. The summed E-state index contributed by atoms with van der Waals surface area (Å²) in [4.78, 5) is 20.3. The summed E-state index contributed by atoms with van der Waals surface area (Å²) < 4.78 is 0. The van der Waals surface area contributed by atoms with Crippen molar-refractivity contribution in [1.82, 2.24) is 19.9 Å². The summed E-state index contributed by atoms with van der Waals surface area (Å²) in [5.41, 5.74) is 14.8. The van der Waals surface area contributed by atoms with Crippen molar-refractivity contribution in [1.29, 1.82) is 5.26 Å². The van der Waals surface area contributed by atoms with Gasteiger partial charge in [-0.05, 0) is 58.7 Å². The first kappa shape index (κ1) is 32.4. The van der Waals surface area contributed by atoms with Gasteiger partial charge < -0.3 is 0 Å². The highest BCUT2D eigenvalue weighted by Crippen LogP contribution is 2.35. The zero-order valence-electron chi connectivity index (χ0n) is 29.1. The maximum Gasteiger partial charge on any atom is 0.160 e. The van der Waals surface area contributed by atoms with E-state index in [4.69, 9.17) is 19.9 Å². The summed E-state index contributed by atoms with van der Waals surface area (Å²) in [7, 11) is 0. The fourth-order valence-corrected chi connectivity index (χ4v) is 6.74. The second-order valence-corrected chi connectivity index (χ2v) is 13.0. The van der Waals surface area contributed by atoms with Gasteiger partial charge in [-0.25, -0.2) is 19.9 Å². The molecule has 2 heterocycles. The summed E-state index contributed by atoms with van der Waals surface area (Å²) in [5, 5.41) is 9.47. The second kappa shape index (κ2) is 14.2. The summed E-state index contributed by atoms with van der Waals surface area (Å²) >= 11 is 0. The van der Waals surface area contributed by atoms with Crippen LogP contribution in [0.15, 0.2) is 188 Å². The number of rotatable bonds is 7. The van der Waals surface area contributed by atoms with Crippen molar-refractivity contribution in [3.05, 3.63) is 194 Å². The van der Waals surface area contributed by atoms with Crippen molar-refractivity contribution >= 4 is 11.0 Å². The van der Waals surface area contributed by atoms with E-state index < -0.39 is 0 Å². The molecule has 0 atom stereocenters. The monoisotopic (exact) mass is 689 g/mol. The molecule has 0 aliphatic carbocycles. The van der Waals surface area contributed by atoms with E-state index in [1.54, 1.807) is 0 Å². The number of fused-ring (bicyclic) bond motifs is 1. The van der Waals surface area contributed by atoms with E-state index in [1.165, 1.54) is 0 Å². The van der Waals surface area contributed by atoms with Gasteiger partial charge in [0.2, 0.25) is 0 Å². The molecular weight excluding hydrogens is 659 g/mol. The molecule has 0 amide bonds. The van der Waals surface area contributed by atoms with Crippen molar-refractivity contribution in [2.75, 3.05) is 0 Å². The fraction of sp³-hybridized carbons (Fsp3) is 0. The largest absolute Gasteiger partial charge is 0.244 e. The molecular formula is C49H31N5. The fourth-order valence-electron chi connectivity index (χ4n) is 6.74. The topological polar surface area (TPSA) is 75.3 Å². The van der Waals surface area contributed by atoms with Crippen LogP contribution in [0, 0.1) is 11.3 Å². The van der Waals surface area contributed by atoms with E-state index in [-0.39, 0.29) is 0 Å². The zero-order chi connectivity index (χ0) is 36.3. The molecule has 0 saturated heterocycles. The van der Waals surface area contributed by atoms with Crippen molar-refractivity contribution in [2.45, 2.75) is 0 Å². The van der Waals surface area contributed by atoms with Gasteiger partial charge in [-0.2, -0.15) is 5.26 Å². The van der Waals surface area contributed by atoms with Gasteiger partial charge in [-0.1, -0.05) is 152 Å². The van der Waals surface area contributed by atoms with Crippen molar-refractivity contribution in [3.8, 4) is 84.7 Å². The summed E-state index contributed by atoms with van der Waals surface area (Å²) in [6, 6.07) is 65.6. The molecule has 5 heteroatoms. The Morgan fingerprint density at radius 3 is 1.33 bits per heavy atom. The van der Waals surface area contributed by atoms with E-state index in [0.717, 1.165) is 83.9 Å². The Balaban J connectivity index is 1.05. The first-order valence-electron chi connectivity index (χ1n) is 17.8. The Hall–Kier alpha value is -7.55. The van der Waals surface area contributed by atoms with Crippen LogP contribution in [0.3, 0.4) is 0 Å². The molecule has 0 bridgehead atoms. The highest BCUT2D eigenvalue weighted by molar-refractivity contribution is 5.88. The van der Waals surface area contributed by atoms with Gasteiger partial charge >= 0.3 is 0 Å². The lowest BCUT2D eigenvalue weighted by atomic mass is 9.97.